The van der Waals surface area contributed by atoms with E-state index < -0.39 is 12.1 Å². The molecule has 2 aromatic heterocycles. The van der Waals surface area contributed by atoms with Crippen LogP contribution in [0, 0.1) is 6.92 Å². The van der Waals surface area contributed by atoms with Crippen molar-refractivity contribution in [2.45, 2.75) is 39.7 Å². The van der Waals surface area contributed by atoms with Crippen LogP contribution in [-0.2, 0) is 29.3 Å². The Morgan fingerprint density at radius 2 is 1.83 bits per heavy atom. The number of aliphatic hydroxyl groups excluding tert-OH is 1. The van der Waals surface area contributed by atoms with Crippen molar-refractivity contribution in [2.24, 2.45) is 0 Å². The molecule has 0 fully saturated rings. The van der Waals surface area contributed by atoms with E-state index in [0.717, 1.165) is 42.6 Å². The largest absolute Gasteiger partial charge is 0.488 e. The maximum Gasteiger partial charge on any atom is 0.333 e. The van der Waals surface area contributed by atoms with Gasteiger partial charge in [-0.2, -0.15) is 0 Å². The fourth-order valence-electron chi connectivity index (χ4n) is 3.51. The molecular weight excluding hydrogens is 468 g/mol. The van der Waals surface area contributed by atoms with Crippen LogP contribution in [0.2, 0.25) is 0 Å². The van der Waals surface area contributed by atoms with Crippen molar-refractivity contribution < 1.29 is 24.5 Å². The average Bonchev–Trinajstić information content (AvgIpc) is 3.50. The van der Waals surface area contributed by atoms with Gasteiger partial charge in [-0.1, -0.05) is 36.4 Å². The third-order valence-corrected chi connectivity index (χ3v) is 6.64. The molecule has 10 heteroatoms. The molecule has 2 heterocycles. The monoisotopic (exact) mass is 494 g/mol. The Morgan fingerprint density at radius 1 is 1.11 bits per heavy atom. The summed E-state index contributed by atoms with van der Waals surface area (Å²) in [5.74, 6) is 0.223. The summed E-state index contributed by atoms with van der Waals surface area (Å²) in [5, 5.41) is 30.1. The number of nitrogens with zero attached hydrogens (tertiary/aromatic N) is 4. The van der Waals surface area contributed by atoms with Gasteiger partial charge in [0.2, 0.25) is 5.82 Å². The number of aliphatic hydroxyl groups is 1. The van der Waals surface area contributed by atoms with Gasteiger partial charge in [-0.25, -0.2) is 4.79 Å². The maximum atomic E-state index is 11.3. The normalized spacial score (nSPS) is 12.0. The van der Waals surface area contributed by atoms with E-state index >= 15 is 0 Å². The summed E-state index contributed by atoms with van der Waals surface area (Å²) < 4.78 is 11.3. The highest BCUT2D eigenvalue weighted by atomic mass is 32.1. The molecule has 0 amide bonds. The van der Waals surface area contributed by atoms with E-state index in [4.69, 9.17) is 14.6 Å². The van der Waals surface area contributed by atoms with E-state index in [-0.39, 0.29) is 6.73 Å². The van der Waals surface area contributed by atoms with Gasteiger partial charge in [-0.3, -0.25) is 0 Å². The molecule has 4 aromatic rings. The summed E-state index contributed by atoms with van der Waals surface area (Å²) in [6, 6.07) is 17.5. The predicted molar refractivity (Wildman–Crippen MR) is 131 cm³/mol. The zero-order valence-electron chi connectivity index (χ0n) is 19.4. The van der Waals surface area contributed by atoms with E-state index in [2.05, 4.69) is 28.4 Å². The van der Waals surface area contributed by atoms with Crippen LogP contribution < -0.4 is 4.74 Å². The Labute approximate surface area is 206 Å². The van der Waals surface area contributed by atoms with Gasteiger partial charge in [-0.15, -0.1) is 26.3 Å². The first-order chi connectivity index (χ1) is 17.0. The van der Waals surface area contributed by atoms with E-state index in [1.54, 1.807) is 18.3 Å². The molecule has 9 nitrogen and oxygen atoms in total. The fourth-order valence-corrected chi connectivity index (χ4v) is 4.60. The van der Waals surface area contributed by atoms with Crippen LogP contribution >= 0.6 is 11.3 Å². The second-order valence-electron chi connectivity index (χ2n) is 7.84. The van der Waals surface area contributed by atoms with Gasteiger partial charge >= 0.3 is 5.97 Å². The summed E-state index contributed by atoms with van der Waals surface area (Å²) >= 11 is 1.67. The van der Waals surface area contributed by atoms with Crippen LogP contribution in [-0.4, -0.2) is 49.1 Å². The molecule has 0 saturated heterocycles. The van der Waals surface area contributed by atoms with Crippen molar-refractivity contribution in [1.29, 1.82) is 0 Å². The van der Waals surface area contributed by atoms with Crippen LogP contribution in [0.5, 0.6) is 5.75 Å². The van der Waals surface area contributed by atoms with Gasteiger partial charge in [0, 0.05) is 28.3 Å². The highest BCUT2D eigenvalue weighted by Crippen LogP contribution is 2.33. The summed E-state index contributed by atoms with van der Waals surface area (Å²) in [6.45, 7) is 4.33. The Morgan fingerprint density at radius 3 is 2.46 bits per heavy atom. The van der Waals surface area contributed by atoms with Crippen molar-refractivity contribution in [3.8, 4) is 27.6 Å². The number of benzene rings is 2. The van der Waals surface area contributed by atoms with Crippen molar-refractivity contribution in [1.82, 2.24) is 20.2 Å². The van der Waals surface area contributed by atoms with E-state index in [9.17, 15) is 9.90 Å². The van der Waals surface area contributed by atoms with Crippen molar-refractivity contribution >= 4 is 17.3 Å². The number of rotatable bonds is 11. The molecule has 0 aliphatic heterocycles. The molecule has 0 saturated carbocycles. The first kappa shape index (κ1) is 24.5. The molecule has 0 aliphatic carbocycles. The molecule has 0 radical (unpaired) electrons. The molecule has 0 aliphatic rings. The Balaban J connectivity index is 1.38. The van der Waals surface area contributed by atoms with Crippen LogP contribution in [0.3, 0.4) is 0 Å². The number of hydrogen-bond acceptors (Lipinski definition) is 8. The highest BCUT2D eigenvalue weighted by molar-refractivity contribution is 7.15. The quantitative estimate of drug-likeness (QED) is 0.322. The second-order valence-corrected chi connectivity index (χ2v) is 8.98. The lowest BCUT2D eigenvalue weighted by molar-refractivity contribution is -0.149. The number of tetrazole rings is 1. The SMILES string of the molecule is CCO[C@@H](Cc1ccc(OCc2sc(-c3ccc(-c4nnn(CO)n4)cc3)cc2C)cc1)C(=O)O. The fraction of sp³-hybridized carbons (Fsp3) is 0.280. The van der Waals surface area contributed by atoms with Crippen LogP contribution in [0.4, 0.5) is 0 Å². The highest BCUT2D eigenvalue weighted by Gasteiger charge is 2.18. The smallest absolute Gasteiger partial charge is 0.333 e. The Hall–Kier alpha value is -3.60. The molecule has 0 bridgehead atoms. The molecule has 0 spiro atoms. The zero-order chi connectivity index (χ0) is 24.8. The first-order valence-electron chi connectivity index (χ1n) is 11.1. The number of aromatic nitrogens is 4. The molecule has 4 rings (SSSR count). The number of aliphatic carboxylic acids is 1. The van der Waals surface area contributed by atoms with Gasteiger partial charge in [0.25, 0.3) is 0 Å². The van der Waals surface area contributed by atoms with Gasteiger partial charge < -0.3 is 19.7 Å². The molecule has 2 N–H and O–H groups in total. The topological polar surface area (TPSA) is 120 Å². The number of carboxylic acid groups (broad SMARTS) is 1. The van der Waals surface area contributed by atoms with Gasteiger partial charge in [0.15, 0.2) is 12.8 Å². The van der Waals surface area contributed by atoms with Crippen LogP contribution in [0.15, 0.2) is 54.6 Å². The second kappa shape index (κ2) is 11.2. The van der Waals surface area contributed by atoms with Gasteiger partial charge in [-0.05, 0) is 54.0 Å². The molecule has 182 valence electrons. The summed E-state index contributed by atoms with van der Waals surface area (Å²) in [5.41, 5.74) is 3.93. The van der Waals surface area contributed by atoms with Crippen molar-refractivity contribution in [2.75, 3.05) is 6.61 Å². The minimum atomic E-state index is -0.961. The average molecular weight is 495 g/mol. The third-order valence-electron chi connectivity index (χ3n) is 5.39. The lowest BCUT2D eigenvalue weighted by Gasteiger charge is -2.13. The predicted octanol–water partition coefficient (Wildman–Crippen LogP) is 3.94. The molecular formula is C25H26N4O5S. The Bertz CT molecular complexity index is 1270. The van der Waals surface area contributed by atoms with E-state index in [1.165, 1.54) is 0 Å². The number of hydrogen-bond donors (Lipinski definition) is 2. The summed E-state index contributed by atoms with van der Waals surface area (Å²) in [7, 11) is 0. The lowest BCUT2D eigenvalue weighted by Crippen LogP contribution is -2.26. The minimum absolute atomic E-state index is 0.311. The minimum Gasteiger partial charge on any atom is -0.488 e. The number of aryl methyl sites for hydroxylation is 1. The maximum absolute atomic E-state index is 11.3. The summed E-state index contributed by atoms with van der Waals surface area (Å²) in [4.78, 5) is 14.7. The van der Waals surface area contributed by atoms with Crippen LogP contribution in [0.25, 0.3) is 21.8 Å². The molecule has 1 atom stereocenters. The molecule has 35 heavy (non-hydrogen) atoms. The molecule has 2 aromatic carbocycles. The first-order valence-corrected chi connectivity index (χ1v) is 11.9. The van der Waals surface area contributed by atoms with Crippen LogP contribution in [0.1, 0.15) is 22.9 Å². The number of carbonyl (C=O) groups is 1. The number of thiophene rings is 1. The molecule has 0 unspecified atom stereocenters. The van der Waals surface area contributed by atoms with Gasteiger partial charge in [0.05, 0.1) is 0 Å². The van der Waals surface area contributed by atoms with E-state index in [1.807, 2.05) is 48.5 Å². The standard InChI is InChI=1S/C25H26N4O5S/c1-3-33-21(25(31)32)13-17-4-10-20(11-5-17)34-14-23-16(2)12-22(35-23)18-6-8-19(9-7-18)24-26-28-29(15-30)27-24/h4-12,21,30H,3,13-15H2,1-2H3,(H,31,32)/t21-/m0/s1. The Kier molecular flexibility index (Phi) is 7.86. The third kappa shape index (κ3) is 6.10. The van der Waals surface area contributed by atoms with Gasteiger partial charge in [0.1, 0.15) is 12.4 Å². The van der Waals surface area contributed by atoms with Crippen molar-refractivity contribution in [3.05, 3.63) is 70.6 Å². The number of carboxylic acids is 1. The summed E-state index contributed by atoms with van der Waals surface area (Å²) in [6.07, 6.45) is -0.537. The zero-order valence-corrected chi connectivity index (χ0v) is 20.2. The van der Waals surface area contributed by atoms with Crippen molar-refractivity contribution in [3.63, 3.8) is 0 Å². The van der Waals surface area contributed by atoms with E-state index in [0.29, 0.717) is 25.5 Å². The number of ether oxygens (including phenoxy) is 2. The lowest BCUT2D eigenvalue weighted by atomic mass is 10.1.